The zero-order chi connectivity index (χ0) is 21.9. The van der Waals surface area contributed by atoms with Gasteiger partial charge in [0.15, 0.2) is 11.6 Å². The van der Waals surface area contributed by atoms with Gasteiger partial charge >= 0.3 is 0 Å². The van der Waals surface area contributed by atoms with E-state index in [-0.39, 0.29) is 17.8 Å². The van der Waals surface area contributed by atoms with Crippen molar-refractivity contribution in [1.29, 1.82) is 0 Å². The van der Waals surface area contributed by atoms with Gasteiger partial charge in [-0.05, 0) is 54.3 Å². The van der Waals surface area contributed by atoms with Gasteiger partial charge in [-0.15, -0.1) is 0 Å². The van der Waals surface area contributed by atoms with E-state index in [1.165, 1.54) is 25.4 Å². The van der Waals surface area contributed by atoms with Crippen molar-refractivity contribution in [3.05, 3.63) is 76.7 Å². The minimum absolute atomic E-state index is 0.146. The van der Waals surface area contributed by atoms with E-state index in [9.17, 15) is 17.2 Å². The molecule has 1 aromatic carbocycles. The molecule has 2 aromatic heterocycles. The Labute approximate surface area is 173 Å². The van der Waals surface area contributed by atoms with Gasteiger partial charge in [0.25, 0.3) is 10.2 Å². The molecule has 3 N–H and O–H groups in total. The van der Waals surface area contributed by atoms with Gasteiger partial charge in [-0.2, -0.15) is 8.42 Å². The van der Waals surface area contributed by atoms with Crippen LogP contribution >= 0.6 is 0 Å². The summed E-state index contributed by atoms with van der Waals surface area (Å²) >= 11 is 0. The van der Waals surface area contributed by atoms with Gasteiger partial charge in [-0.25, -0.2) is 18.5 Å². The number of nitrogens with zero attached hydrogens (tertiary/aromatic N) is 2. The zero-order valence-electron chi connectivity index (χ0n) is 16.6. The van der Waals surface area contributed by atoms with Crippen LogP contribution in [0.15, 0.2) is 42.9 Å². The first-order chi connectivity index (χ1) is 14.2. The van der Waals surface area contributed by atoms with Crippen LogP contribution < -0.4 is 14.8 Å². The average Bonchev–Trinajstić information content (AvgIpc) is 2.69. The van der Waals surface area contributed by atoms with Crippen LogP contribution in [0.3, 0.4) is 0 Å². The van der Waals surface area contributed by atoms with Crippen molar-refractivity contribution in [2.75, 3.05) is 17.1 Å². The number of pyridine rings is 2. The zero-order valence-corrected chi connectivity index (χ0v) is 17.4. The van der Waals surface area contributed by atoms with Gasteiger partial charge < -0.3 is 5.32 Å². The lowest BCUT2D eigenvalue weighted by Gasteiger charge is -2.14. The molecular formula is C20H21F2N5O2S. The molecule has 0 amide bonds. The molecule has 0 fully saturated rings. The Kier molecular flexibility index (Phi) is 6.28. The van der Waals surface area contributed by atoms with Crippen molar-refractivity contribution in [3.63, 3.8) is 0 Å². The van der Waals surface area contributed by atoms with Crippen LogP contribution in [-0.2, 0) is 16.6 Å². The molecule has 0 bridgehead atoms. The van der Waals surface area contributed by atoms with Crippen LogP contribution in [-0.4, -0.2) is 25.4 Å². The molecule has 3 rings (SSSR count). The van der Waals surface area contributed by atoms with Crippen molar-refractivity contribution < 1.29 is 17.2 Å². The predicted molar refractivity (Wildman–Crippen MR) is 112 cm³/mol. The van der Waals surface area contributed by atoms with E-state index in [1.807, 2.05) is 16.4 Å². The molecular weight excluding hydrogens is 412 g/mol. The highest BCUT2D eigenvalue weighted by atomic mass is 32.2. The summed E-state index contributed by atoms with van der Waals surface area (Å²) in [7, 11) is -2.70. The predicted octanol–water partition coefficient (Wildman–Crippen LogP) is 3.58. The molecule has 0 aliphatic carbocycles. The summed E-state index contributed by atoms with van der Waals surface area (Å²) in [5.41, 5.74) is 3.39. The van der Waals surface area contributed by atoms with E-state index >= 15 is 0 Å². The average molecular weight is 433 g/mol. The topological polar surface area (TPSA) is 96.0 Å². The fourth-order valence-corrected chi connectivity index (χ4v) is 3.31. The first kappa shape index (κ1) is 21.6. The number of benzene rings is 1. The Bertz CT molecular complexity index is 1190. The van der Waals surface area contributed by atoms with Crippen LogP contribution in [0.25, 0.3) is 0 Å². The fourth-order valence-electron chi connectivity index (χ4n) is 2.81. The molecule has 2 heterocycles. The van der Waals surface area contributed by atoms with Crippen molar-refractivity contribution in [2.45, 2.75) is 20.3 Å². The molecule has 0 saturated heterocycles. The number of aryl methyl sites for hydroxylation is 1. The summed E-state index contributed by atoms with van der Waals surface area (Å²) in [6, 6.07) is 6.32. The smallest absolute Gasteiger partial charge is 0.300 e. The van der Waals surface area contributed by atoms with Crippen LogP contribution in [0.2, 0.25) is 0 Å². The Morgan fingerprint density at radius 2 is 1.80 bits per heavy atom. The van der Waals surface area contributed by atoms with Crippen molar-refractivity contribution in [3.8, 4) is 0 Å². The van der Waals surface area contributed by atoms with Gasteiger partial charge in [-0.1, -0.05) is 6.07 Å². The Morgan fingerprint density at radius 1 is 1.03 bits per heavy atom. The monoisotopic (exact) mass is 433 g/mol. The molecule has 0 radical (unpaired) electrons. The van der Waals surface area contributed by atoms with E-state index in [0.717, 1.165) is 11.1 Å². The lowest BCUT2D eigenvalue weighted by molar-refractivity contribution is 0.589. The summed E-state index contributed by atoms with van der Waals surface area (Å²) in [4.78, 5) is 7.92. The minimum Gasteiger partial charge on any atom is -0.352 e. The molecule has 0 unspecified atom stereocenters. The SMILES string of the molecule is CNS(=O)(=O)Nc1nccc(Cc2cncc(Nc3ccc(C)cc3F)c2C)c1F. The van der Waals surface area contributed by atoms with E-state index in [0.29, 0.717) is 16.9 Å². The summed E-state index contributed by atoms with van der Waals surface area (Å²) in [6.45, 7) is 3.61. The number of anilines is 3. The van der Waals surface area contributed by atoms with Gasteiger partial charge in [0.2, 0.25) is 0 Å². The van der Waals surface area contributed by atoms with E-state index in [1.54, 1.807) is 31.5 Å². The maximum atomic E-state index is 14.8. The molecule has 0 spiro atoms. The van der Waals surface area contributed by atoms with Crippen LogP contribution in [0.4, 0.5) is 26.0 Å². The van der Waals surface area contributed by atoms with Crippen LogP contribution in [0, 0.1) is 25.5 Å². The van der Waals surface area contributed by atoms with E-state index in [4.69, 9.17) is 0 Å². The molecule has 10 heteroatoms. The molecule has 158 valence electrons. The number of hydrogen-bond acceptors (Lipinski definition) is 5. The number of rotatable bonds is 7. The standard InChI is InChI=1S/C20H21F2N5O2S/c1-12-4-5-17(16(21)8-12)26-18-11-24-10-15(13(18)2)9-14-6-7-25-20(19(14)22)27-30(28,29)23-3/h4-8,10-11,23,26H,9H2,1-3H3,(H,25,27). The third kappa shape index (κ3) is 4.89. The van der Waals surface area contributed by atoms with Crippen molar-refractivity contribution in [2.24, 2.45) is 0 Å². The maximum absolute atomic E-state index is 14.8. The molecule has 30 heavy (non-hydrogen) atoms. The van der Waals surface area contributed by atoms with E-state index in [2.05, 4.69) is 15.3 Å². The third-order valence-electron chi connectivity index (χ3n) is 4.56. The first-order valence-corrected chi connectivity index (χ1v) is 10.5. The molecule has 0 atom stereocenters. The fraction of sp³-hybridized carbons (Fsp3) is 0.200. The van der Waals surface area contributed by atoms with Crippen LogP contribution in [0.1, 0.15) is 22.3 Å². The molecule has 0 aliphatic heterocycles. The normalized spacial score (nSPS) is 11.4. The first-order valence-electron chi connectivity index (χ1n) is 9.01. The molecule has 3 aromatic rings. The number of aromatic nitrogens is 2. The number of halogens is 2. The van der Waals surface area contributed by atoms with E-state index < -0.39 is 21.8 Å². The van der Waals surface area contributed by atoms with Gasteiger partial charge in [0.1, 0.15) is 5.82 Å². The highest BCUT2D eigenvalue weighted by Gasteiger charge is 2.16. The Hall–Kier alpha value is -3.11. The Morgan fingerprint density at radius 3 is 2.50 bits per heavy atom. The van der Waals surface area contributed by atoms with Crippen LogP contribution in [0.5, 0.6) is 0 Å². The van der Waals surface area contributed by atoms with Gasteiger partial charge in [-0.3, -0.25) is 9.71 Å². The highest BCUT2D eigenvalue weighted by molar-refractivity contribution is 7.90. The summed E-state index contributed by atoms with van der Waals surface area (Å²) in [5, 5.41) is 3.02. The van der Waals surface area contributed by atoms with Gasteiger partial charge in [0.05, 0.1) is 17.6 Å². The Balaban J connectivity index is 1.89. The maximum Gasteiger partial charge on any atom is 0.300 e. The number of nitrogens with one attached hydrogen (secondary N) is 3. The third-order valence-corrected chi connectivity index (χ3v) is 5.56. The van der Waals surface area contributed by atoms with Crippen molar-refractivity contribution >= 4 is 27.4 Å². The minimum atomic E-state index is -3.90. The number of hydrogen-bond donors (Lipinski definition) is 3. The second kappa shape index (κ2) is 8.72. The molecule has 0 aliphatic rings. The highest BCUT2D eigenvalue weighted by Crippen LogP contribution is 2.27. The molecule has 7 nitrogen and oxygen atoms in total. The lowest BCUT2D eigenvalue weighted by atomic mass is 10.0. The van der Waals surface area contributed by atoms with Gasteiger partial charge in [0, 0.05) is 25.9 Å². The largest absolute Gasteiger partial charge is 0.352 e. The van der Waals surface area contributed by atoms with Crippen molar-refractivity contribution in [1.82, 2.24) is 14.7 Å². The lowest BCUT2D eigenvalue weighted by Crippen LogP contribution is -2.27. The summed E-state index contributed by atoms with van der Waals surface area (Å²) < 4.78 is 56.3. The second-order valence-corrected chi connectivity index (χ2v) is 8.32. The molecule has 0 saturated carbocycles. The summed E-state index contributed by atoms with van der Waals surface area (Å²) in [5.74, 6) is -1.57. The quantitative estimate of drug-likeness (QED) is 0.529. The second-order valence-electron chi connectivity index (χ2n) is 6.70. The summed E-state index contributed by atoms with van der Waals surface area (Å²) in [6.07, 6.45) is 4.61.